The van der Waals surface area contributed by atoms with E-state index in [9.17, 15) is 0 Å². The molecule has 0 saturated carbocycles. The lowest BCUT2D eigenvalue weighted by atomic mass is 9.89. The summed E-state index contributed by atoms with van der Waals surface area (Å²) in [7, 11) is 0. The summed E-state index contributed by atoms with van der Waals surface area (Å²) >= 11 is 1.82. The van der Waals surface area contributed by atoms with Crippen molar-refractivity contribution in [2.75, 3.05) is 59.2 Å². The minimum atomic E-state index is 0.194. The molecule has 1 atom stereocenters. The fraction of sp³-hybridized carbons (Fsp3) is 0.722. The molecule has 0 aliphatic carbocycles. The van der Waals surface area contributed by atoms with Crippen molar-refractivity contribution in [3.05, 3.63) is 22.4 Å². The van der Waals surface area contributed by atoms with Gasteiger partial charge in [-0.05, 0) is 18.4 Å². The lowest BCUT2D eigenvalue weighted by Gasteiger charge is -2.37. The first-order valence-corrected chi connectivity index (χ1v) is 10.0. The topological polar surface area (TPSA) is 58.1 Å². The fourth-order valence-corrected chi connectivity index (χ4v) is 3.99. The molecule has 2 N–H and O–H groups in total. The van der Waals surface area contributed by atoms with E-state index in [0.717, 1.165) is 65.1 Å². The van der Waals surface area contributed by atoms with Crippen molar-refractivity contribution in [3.8, 4) is 0 Å². The molecule has 3 heterocycles. The van der Waals surface area contributed by atoms with Crippen LogP contribution in [0.5, 0.6) is 0 Å². The first-order valence-electron chi connectivity index (χ1n) is 9.15. The molecule has 2 aliphatic rings. The minimum absolute atomic E-state index is 0.194. The Balaban J connectivity index is 1.62. The van der Waals surface area contributed by atoms with Gasteiger partial charge in [0.25, 0.3) is 0 Å². The standard InChI is InChI=1S/C18H30N4O2S/c1-3-19-17(21-12-18(2)13-24-14-18)20-11-15(16-5-4-10-25-16)22-6-8-23-9-7-22/h4-5,10,15H,3,6-9,11-14H2,1-2H3,(H2,19,20,21). The zero-order valence-corrected chi connectivity index (χ0v) is 16.1. The minimum Gasteiger partial charge on any atom is -0.380 e. The molecule has 0 radical (unpaired) electrons. The van der Waals surface area contributed by atoms with E-state index in [4.69, 9.17) is 14.5 Å². The highest BCUT2D eigenvalue weighted by molar-refractivity contribution is 7.10. The summed E-state index contributed by atoms with van der Waals surface area (Å²) in [5, 5.41) is 9.07. The highest BCUT2D eigenvalue weighted by atomic mass is 32.1. The van der Waals surface area contributed by atoms with Crippen molar-refractivity contribution in [3.63, 3.8) is 0 Å². The second-order valence-corrected chi connectivity index (χ2v) is 8.04. The van der Waals surface area contributed by atoms with Crippen molar-refractivity contribution in [1.29, 1.82) is 0 Å². The third-order valence-electron chi connectivity index (χ3n) is 4.69. The van der Waals surface area contributed by atoms with Crippen LogP contribution >= 0.6 is 11.3 Å². The number of nitrogens with one attached hydrogen (secondary N) is 2. The molecule has 140 valence electrons. The average molecular weight is 367 g/mol. The van der Waals surface area contributed by atoms with Crippen LogP contribution < -0.4 is 10.6 Å². The number of thiophene rings is 1. The van der Waals surface area contributed by atoms with Gasteiger partial charge in [0, 0.05) is 36.5 Å². The van der Waals surface area contributed by atoms with Gasteiger partial charge < -0.3 is 20.1 Å². The SMILES string of the molecule is CCNC(=NCC1(C)COC1)NCC(c1cccs1)N1CCOCC1. The van der Waals surface area contributed by atoms with E-state index in [1.165, 1.54) is 4.88 Å². The van der Waals surface area contributed by atoms with E-state index < -0.39 is 0 Å². The fourth-order valence-electron chi connectivity index (χ4n) is 3.13. The van der Waals surface area contributed by atoms with Gasteiger partial charge in [0.2, 0.25) is 0 Å². The summed E-state index contributed by atoms with van der Waals surface area (Å²) in [6.45, 7) is 12.0. The van der Waals surface area contributed by atoms with Crippen molar-refractivity contribution < 1.29 is 9.47 Å². The maximum Gasteiger partial charge on any atom is 0.191 e. The summed E-state index contributed by atoms with van der Waals surface area (Å²) in [6.07, 6.45) is 0. The monoisotopic (exact) mass is 366 g/mol. The van der Waals surface area contributed by atoms with Crippen LogP contribution in [0.15, 0.2) is 22.5 Å². The Bertz CT molecular complexity index is 539. The van der Waals surface area contributed by atoms with Crippen LogP contribution in [-0.4, -0.2) is 70.0 Å². The third-order valence-corrected chi connectivity index (χ3v) is 5.66. The second-order valence-electron chi connectivity index (χ2n) is 7.06. The van der Waals surface area contributed by atoms with Crippen LogP contribution in [0.25, 0.3) is 0 Å². The number of guanidine groups is 1. The Morgan fingerprint density at radius 3 is 2.72 bits per heavy atom. The number of rotatable bonds is 7. The first kappa shape index (κ1) is 18.6. The van der Waals surface area contributed by atoms with Crippen LogP contribution in [-0.2, 0) is 9.47 Å². The second kappa shape index (κ2) is 8.98. The van der Waals surface area contributed by atoms with Gasteiger partial charge in [-0.1, -0.05) is 13.0 Å². The van der Waals surface area contributed by atoms with Gasteiger partial charge >= 0.3 is 0 Å². The number of hydrogen-bond acceptors (Lipinski definition) is 5. The van der Waals surface area contributed by atoms with Gasteiger partial charge in [0.05, 0.1) is 39.0 Å². The molecule has 2 aliphatic heterocycles. The zero-order valence-electron chi connectivity index (χ0n) is 15.3. The Hall–Kier alpha value is -1.15. The van der Waals surface area contributed by atoms with Gasteiger partial charge in [0.15, 0.2) is 5.96 Å². The summed E-state index contributed by atoms with van der Waals surface area (Å²) in [4.78, 5) is 8.68. The molecule has 6 nitrogen and oxygen atoms in total. The highest BCUT2D eigenvalue weighted by Crippen LogP contribution is 2.27. The van der Waals surface area contributed by atoms with Gasteiger partial charge in [-0.3, -0.25) is 9.89 Å². The molecule has 25 heavy (non-hydrogen) atoms. The van der Waals surface area contributed by atoms with E-state index in [1.807, 2.05) is 11.3 Å². The van der Waals surface area contributed by atoms with Crippen LogP contribution in [0.2, 0.25) is 0 Å². The molecule has 1 unspecified atom stereocenters. The first-order chi connectivity index (χ1) is 12.2. The van der Waals surface area contributed by atoms with E-state index >= 15 is 0 Å². The predicted octanol–water partition coefficient (Wildman–Crippen LogP) is 1.71. The molecular weight excluding hydrogens is 336 g/mol. The number of morpholine rings is 1. The summed E-state index contributed by atoms with van der Waals surface area (Å²) in [5.74, 6) is 0.894. The van der Waals surface area contributed by atoms with Crippen molar-refractivity contribution in [1.82, 2.24) is 15.5 Å². The molecular formula is C18H30N4O2S. The molecule has 0 spiro atoms. The van der Waals surface area contributed by atoms with Crippen LogP contribution in [0.4, 0.5) is 0 Å². The Labute approximate surface area is 154 Å². The van der Waals surface area contributed by atoms with Crippen LogP contribution in [0.3, 0.4) is 0 Å². The lowest BCUT2D eigenvalue weighted by molar-refractivity contribution is -0.0945. The van der Waals surface area contributed by atoms with Gasteiger partial charge in [0.1, 0.15) is 0 Å². The Morgan fingerprint density at radius 2 is 2.12 bits per heavy atom. The Kier molecular flexibility index (Phi) is 6.70. The van der Waals surface area contributed by atoms with Crippen molar-refractivity contribution >= 4 is 17.3 Å². The summed E-state index contributed by atoms with van der Waals surface area (Å²) in [5.41, 5.74) is 0.194. The van der Waals surface area contributed by atoms with E-state index in [0.29, 0.717) is 6.04 Å². The number of aliphatic imine (C=N–C) groups is 1. The number of nitrogens with zero attached hydrogens (tertiary/aromatic N) is 2. The van der Waals surface area contributed by atoms with Crippen molar-refractivity contribution in [2.45, 2.75) is 19.9 Å². The van der Waals surface area contributed by atoms with Crippen LogP contribution in [0, 0.1) is 5.41 Å². The lowest BCUT2D eigenvalue weighted by Crippen LogP contribution is -2.47. The maximum absolute atomic E-state index is 5.52. The molecule has 3 rings (SSSR count). The van der Waals surface area contributed by atoms with Gasteiger partial charge in [-0.25, -0.2) is 0 Å². The van der Waals surface area contributed by atoms with E-state index in [-0.39, 0.29) is 5.41 Å². The van der Waals surface area contributed by atoms with Gasteiger partial charge in [-0.15, -0.1) is 11.3 Å². The Morgan fingerprint density at radius 1 is 1.32 bits per heavy atom. The maximum atomic E-state index is 5.52. The third kappa shape index (κ3) is 5.17. The van der Waals surface area contributed by atoms with Crippen molar-refractivity contribution in [2.24, 2.45) is 10.4 Å². The van der Waals surface area contributed by atoms with E-state index in [1.54, 1.807) is 0 Å². The van der Waals surface area contributed by atoms with Gasteiger partial charge in [-0.2, -0.15) is 0 Å². The molecule has 0 amide bonds. The number of hydrogen-bond donors (Lipinski definition) is 2. The molecule has 2 fully saturated rings. The zero-order chi connectivity index (χ0) is 17.5. The highest BCUT2D eigenvalue weighted by Gasteiger charge is 2.33. The molecule has 0 bridgehead atoms. The average Bonchev–Trinajstić information content (AvgIpc) is 3.13. The van der Waals surface area contributed by atoms with E-state index in [2.05, 4.69) is 46.9 Å². The largest absolute Gasteiger partial charge is 0.380 e. The smallest absolute Gasteiger partial charge is 0.191 e. The summed E-state index contributed by atoms with van der Waals surface area (Å²) < 4.78 is 10.8. The molecule has 2 saturated heterocycles. The molecule has 7 heteroatoms. The predicted molar refractivity (Wildman–Crippen MR) is 102 cm³/mol. The number of ether oxygens (including phenoxy) is 2. The normalized spacial score (nSPS) is 22.2. The molecule has 1 aromatic rings. The summed E-state index contributed by atoms with van der Waals surface area (Å²) in [6, 6.07) is 4.71. The van der Waals surface area contributed by atoms with Crippen LogP contribution in [0.1, 0.15) is 24.8 Å². The quantitative estimate of drug-likeness (QED) is 0.568. The molecule has 1 aromatic heterocycles. The molecule has 0 aromatic carbocycles.